The van der Waals surface area contributed by atoms with Gasteiger partial charge < -0.3 is 24.8 Å². The fraction of sp³-hybridized carbons (Fsp3) is 0.450. The lowest BCUT2D eigenvalue weighted by Gasteiger charge is -2.23. The van der Waals surface area contributed by atoms with E-state index in [0.717, 1.165) is 17.7 Å². The molecule has 0 saturated carbocycles. The lowest BCUT2D eigenvalue weighted by atomic mass is 10.2. The maximum absolute atomic E-state index is 12.3. The second kappa shape index (κ2) is 9.86. The minimum Gasteiger partial charge on any atom is -0.497 e. The molecule has 1 aliphatic heterocycles. The van der Waals surface area contributed by atoms with Gasteiger partial charge in [0.1, 0.15) is 11.8 Å². The van der Waals surface area contributed by atoms with Crippen LogP contribution < -0.4 is 15.4 Å². The highest BCUT2D eigenvalue weighted by atomic mass is 16.5. The number of nitrogens with zero attached hydrogens (tertiary/aromatic N) is 3. The monoisotopic (exact) mass is 415 g/mol. The van der Waals surface area contributed by atoms with Crippen molar-refractivity contribution in [3.63, 3.8) is 0 Å². The second-order valence-electron chi connectivity index (χ2n) is 6.88. The van der Waals surface area contributed by atoms with Gasteiger partial charge in [0, 0.05) is 32.0 Å². The SMILES string of the molecule is CNC(=O)C1CCCN1C(=O)CNC(=O)CCc1nc(-c2ccc(OC)cc2)no1. The van der Waals surface area contributed by atoms with Crippen molar-refractivity contribution in [2.45, 2.75) is 31.7 Å². The van der Waals surface area contributed by atoms with Crippen molar-refractivity contribution in [3.8, 4) is 17.1 Å². The summed E-state index contributed by atoms with van der Waals surface area (Å²) in [4.78, 5) is 42.1. The standard InChI is InChI=1S/C20H25N5O5/c1-21-20(28)15-4-3-11-25(15)18(27)12-22-16(26)9-10-17-23-19(24-30-17)13-5-7-14(29-2)8-6-13/h5-8,15H,3-4,9-12H2,1-2H3,(H,21,28)(H,22,26). The van der Waals surface area contributed by atoms with Gasteiger partial charge in [-0.25, -0.2) is 0 Å². The van der Waals surface area contributed by atoms with Crippen molar-refractivity contribution in [3.05, 3.63) is 30.2 Å². The zero-order chi connectivity index (χ0) is 21.5. The fourth-order valence-corrected chi connectivity index (χ4v) is 3.30. The van der Waals surface area contributed by atoms with E-state index in [9.17, 15) is 14.4 Å². The number of likely N-dealkylation sites (N-methyl/N-ethyl adjacent to an activating group) is 1. The number of amides is 3. The zero-order valence-electron chi connectivity index (χ0n) is 17.0. The van der Waals surface area contributed by atoms with Crippen molar-refractivity contribution < 1.29 is 23.6 Å². The van der Waals surface area contributed by atoms with Crippen LogP contribution in [0.4, 0.5) is 0 Å². The first kappa shape index (κ1) is 21.3. The molecule has 1 aliphatic rings. The minimum absolute atomic E-state index is 0.108. The van der Waals surface area contributed by atoms with E-state index < -0.39 is 6.04 Å². The molecule has 0 radical (unpaired) electrons. The lowest BCUT2D eigenvalue weighted by Crippen LogP contribution is -2.48. The molecule has 160 valence electrons. The van der Waals surface area contributed by atoms with Gasteiger partial charge in [0.15, 0.2) is 0 Å². The normalized spacial score (nSPS) is 15.7. The van der Waals surface area contributed by atoms with Gasteiger partial charge in [-0.05, 0) is 37.1 Å². The number of hydrogen-bond donors (Lipinski definition) is 2. The quantitative estimate of drug-likeness (QED) is 0.644. The average molecular weight is 415 g/mol. The molecule has 3 amide bonds. The third-order valence-corrected chi connectivity index (χ3v) is 4.94. The van der Waals surface area contributed by atoms with Gasteiger partial charge in [-0.2, -0.15) is 4.98 Å². The van der Waals surface area contributed by atoms with Crippen molar-refractivity contribution >= 4 is 17.7 Å². The molecule has 30 heavy (non-hydrogen) atoms. The maximum atomic E-state index is 12.3. The highest BCUT2D eigenvalue weighted by Crippen LogP contribution is 2.20. The molecule has 1 unspecified atom stereocenters. The van der Waals surface area contributed by atoms with Gasteiger partial charge in [0.25, 0.3) is 0 Å². The number of nitrogens with one attached hydrogen (secondary N) is 2. The third kappa shape index (κ3) is 5.13. The second-order valence-corrected chi connectivity index (χ2v) is 6.88. The van der Waals surface area contributed by atoms with E-state index in [2.05, 4.69) is 20.8 Å². The molecule has 2 heterocycles. The third-order valence-electron chi connectivity index (χ3n) is 4.94. The molecule has 10 heteroatoms. The molecule has 1 saturated heterocycles. The van der Waals surface area contributed by atoms with Crippen LogP contribution in [0.15, 0.2) is 28.8 Å². The van der Waals surface area contributed by atoms with Crippen LogP contribution in [0.2, 0.25) is 0 Å². The van der Waals surface area contributed by atoms with E-state index in [4.69, 9.17) is 9.26 Å². The van der Waals surface area contributed by atoms with E-state index in [1.807, 2.05) is 12.1 Å². The molecule has 2 N–H and O–H groups in total. The summed E-state index contributed by atoms with van der Waals surface area (Å²) >= 11 is 0. The molecule has 0 bridgehead atoms. The first-order valence-electron chi connectivity index (χ1n) is 9.76. The molecule has 1 aromatic carbocycles. The predicted molar refractivity (Wildman–Crippen MR) is 106 cm³/mol. The summed E-state index contributed by atoms with van der Waals surface area (Å²) in [5.41, 5.74) is 0.775. The van der Waals surface area contributed by atoms with Crippen LogP contribution in [0, 0.1) is 0 Å². The number of likely N-dealkylation sites (tertiary alicyclic amines) is 1. The Labute approximate surface area is 174 Å². The number of aryl methyl sites for hydroxylation is 1. The molecule has 0 spiro atoms. The lowest BCUT2D eigenvalue weighted by molar-refractivity contribution is -0.138. The molecule has 1 aromatic heterocycles. The fourth-order valence-electron chi connectivity index (χ4n) is 3.30. The molecule has 3 rings (SSSR count). The van der Waals surface area contributed by atoms with Crippen molar-refractivity contribution in [2.75, 3.05) is 27.2 Å². The Morgan fingerprint density at radius 3 is 2.73 bits per heavy atom. The highest BCUT2D eigenvalue weighted by molar-refractivity contribution is 5.90. The summed E-state index contributed by atoms with van der Waals surface area (Å²) in [6.45, 7) is 0.371. The van der Waals surface area contributed by atoms with E-state index in [1.54, 1.807) is 26.3 Å². The van der Waals surface area contributed by atoms with Gasteiger partial charge in [-0.15, -0.1) is 0 Å². The van der Waals surface area contributed by atoms with Gasteiger partial charge in [0.2, 0.25) is 29.4 Å². The van der Waals surface area contributed by atoms with Crippen molar-refractivity contribution in [1.82, 2.24) is 25.7 Å². The number of carbonyl (C=O) groups excluding carboxylic acids is 3. The average Bonchev–Trinajstić information content (AvgIpc) is 3.45. The van der Waals surface area contributed by atoms with Crippen LogP contribution in [0.1, 0.15) is 25.2 Å². The predicted octanol–water partition coefficient (Wildman–Crippen LogP) is 0.531. The summed E-state index contributed by atoms with van der Waals surface area (Å²) in [5, 5.41) is 9.08. The van der Waals surface area contributed by atoms with Gasteiger partial charge >= 0.3 is 0 Å². The maximum Gasteiger partial charge on any atom is 0.242 e. The first-order chi connectivity index (χ1) is 14.5. The molecule has 0 aliphatic carbocycles. The molecule has 1 atom stereocenters. The van der Waals surface area contributed by atoms with Gasteiger partial charge in [-0.1, -0.05) is 5.16 Å². The summed E-state index contributed by atoms with van der Waals surface area (Å²) in [6.07, 6.45) is 1.77. The minimum atomic E-state index is -0.464. The Hall–Kier alpha value is -3.43. The van der Waals surface area contributed by atoms with Crippen molar-refractivity contribution in [1.29, 1.82) is 0 Å². The van der Waals surface area contributed by atoms with E-state index in [0.29, 0.717) is 24.7 Å². The summed E-state index contributed by atoms with van der Waals surface area (Å²) in [5.74, 6) is 0.733. The molecule has 10 nitrogen and oxygen atoms in total. The number of aromatic nitrogens is 2. The Morgan fingerprint density at radius 2 is 2.03 bits per heavy atom. The Balaban J connectivity index is 1.45. The number of hydrogen-bond acceptors (Lipinski definition) is 7. The largest absolute Gasteiger partial charge is 0.497 e. The van der Waals surface area contributed by atoms with Crippen LogP contribution in [-0.2, 0) is 20.8 Å². The number of carbonyl (C=O) groups is 3. The van der Waals surface area contributed by atoms with E-state index in [1.165, 1.54) is 4.90 Å². The zero-order valence-corrected chi connectivity index (χ0v) is 17.0. The Bertz CT molecular complexity index is 895. The van der Waals surface area contributed by atoms with Crippen molar-refractivity contribution in [2.24, 2.45) is 0 Å². The first-order valence-corrected chi connectivity index (χ1v) is 9.76. The Morgan fingerprint density at radius 1 is 1.27 bits per heavy atom. The molecular weight excluding hydrogens is 390 g/mol. The van der Waals surface area contributed by atoms with E-state index in [-0.39, 0.29) is 37.1 Å². The van der Waals surface area contributed by atoms with Crippen LogP contribution in [0.5, 0.6) is 5.75 Å². The van der Waals surface area contributed by atoms with Crippen LogP contribution in [0.25, 0.3) is 11.4 Å². The highest BCUT2D eigenvalue weighted by Gasteiger charge is 2.33. The number of benzene rings is 1. The number of ether oxygens (including phenoxy) is 1. The van der Waals surface area contributed by atoms with Crippen LogP contribution in [0.3, 0.4) is 0 Å². The van der Waals surface area contributed by atoms with Crippen LogP contribution in [-0.4, -0.2) is 66.1 Å². The number of methoxy groups -OCH3 is 1. The van der Waals surface area contributed by atoms with Gasteiger partial charge in [-0.3, -0.25) is 14.4 Å². The number of rotatable bonds is 8. The smallest absolute Gasteiger partial charge is 0.242 e. The van der Waals surface area contributed by atoms with Gasteiger partial charge in [0.05, 0.1) is 13.7 Å². The molecule has 1 fully saturated rings. The van der Waals surface area contributed by atoms with E-state index >= 15 is 0 Å². The molecule has 2 aromatic rings. The summed E-state index contributed by atoms with van der Waals surface area (Å²) < 4.78 is 10.3. The summed E-state index contributed by atoms with van der Waals surface area (Å²) in [6, 6.07) is 6.76. The molecular formula is C20H25N5O5. The van der Waals surface area contributed by atoms with Crippen LogP contribution >= 0.6 is 0 Å². The Kier molecular flexibility index (Phi) is 6.99. The summed E-state index contributed by atoms with van der Waals surface area (Å²) in [7, 11) is 3.13. The topological polar surface area (TPSA) is 127 Å².